The maximum Gasteiger partial charge on any atom is 0.335 e. The number of hydrogen-bond acceptors (Lipinski definition) is 5. The zero-order chi connectivity index (χ0) is 18.4. The molecule has 0 atom stereocenters. The van der Waals surface area contributed by atoms with E-state index in [0.29, 0.717) is 23.4 Å². The van der Waals surface area contributed by atoms with Gasteiger partial charge < -0.3 is 14.7 Å². The highest BCUT2D eigenvalue weighted by molar-refractivity contribution is 6.29. The lowest BCUT2D eigenvalue weighted by Gasteiger charge is -2.32. The normalized spacial score (nSPS) is 15.0. The molecule has 0 unspecified atom stereocenters. The summed E-state index contributed by atoms with van der Waals surface area (Å²) in [5.41, 5.74) is 0.250. The number of aromatic carboxylic acids is 1. The maximum atomic E-state index is 11.0. The molecular weight excluding hydrogens is 354 g/mol. The van der Waals surface area contributed by atoms with E-state index in [4.69, 9.17) is 21.4 Å². The Bertz CT molecular complexity index is 731. The molecule has 0 aliphatic carbocycles. The zero-order valence-corrected chi connectivity index (χ0v) is 15.2. The number of piperidine rings is 1. The van der Waals surface area contributed by atoms with Crippen LogP contribution in [-0.2, 0) is 0 Å². The summed E-state index contributed by atoms with van der Waals surface area (Å²) in [5, 5.41) is 17.4. The number of anilines is 1. The fourth-order valence-electron chi connectivity index (χ4n) is 3.21. The molecule has 0 radical (unpaired) electrons. The smallest absolute Gasteiger partial charge is 0.335 e. The molecule has 138 valence electrons. The number of carboxylic acids is 1. The van der Waals surface area contributed by atoms with E-state index in [9.17, 15) is 4.79 Å². The second kappa shape index (κ2) is 8.85. The SMILES string of the molecule is O=C(O)c1cccc(OCCCC2CCN(c3ccc(Cl)nn3)CC2)c1. The lowest BCUT2D eigenvalue weighted by Crippen LogP contribution is -2.34. The van der Waals surface area contributed by atoms with Gasteiger partial charge in [0.1, 0.15) is 5.75 Å². The van der Waals surface area contributed by atoms with E-state index in [0.717, 1.165) is 44.6 Å². The van der Waals surface area contributed by atoms with Gasteiger partial charge in [-0.2, -0.15) is 0 Å². The molecule has 1 fully saturated rings. The second-order valence-corrected chi connectivity index (χ2v) is 6.86. The van der Waals surface area contributed by atoms with Crippen molar-refractivity contribution < 1.29 is 14.6 Å². The van der Waals surface area contributed by atoms with Crippen molar-refractivity contribution in [3.63, 3.8) is 0 Å². The number of rotatable bonds is 7. The summed E-state index contributed by atoms with van der Waals surface area (Å²) in [7, 11) is 0. The molecule has 1 aromatic carbocycles. The van der Waals surface area contributed by atoms with Crippen molar-refractivity contribution in [3.05, 3.63) is 47.1 Å². The largest absolute Gasteiger partial charge is 0.494 e. The van der Waals surface area contributed by atoms with Gasteiger partial charge in [-0.1, -0.05) is 17.7 Å². The van der Waals surface area contributed by atoms with Gasteiger partial charge in [0.15, 0.2) is 11.0 Å². The summed E-state index contributed by atoms with van der Waals surface area (Å²) in [6, 6.07) is 10.3. The van der Waals surface area contributed by atoms with Crippen LogP contribution in [0.3, 0.4) is 0 Å². The molecule has 0 bridgehead atoms. The number of halogens is 1. The minimum atomic E-state index is -0.937. The highest BCUT2D eigenvalue weighted by atomic mass is 35.5. The summed E-state index contributed by atoms with van der Waals surface area (Å²) in [5.74, 6) is 1.24. The average molecular weight is 376 g/mol. The first-order valence-corrected chi connectivity index (χ1v) is 9.20. The van der Waals surface area contributed by atoms with Crippen LogP contribution >= 0.6 is 11.6 Å². The highest BCUT2D eigenvalue weighted by Crippen LogP contribution is 2.25. The van der Waals surface area contributed by atoms with Crippen LogP contribution in [0.2, 0.25) is 5.15 Å². The molecule has 6 nitrogen and oxygen atoms in total. The second-order valence-electron chi connectivity index (χ2n) is 6.47. The molecule has 1 aliphatic rings. The van der Waals surface area contributed by atoms with Gasteiger partial charge in [0.2, 0.25) is 0 Å². The van der Waals surface area contributed by atoms with Crippen molar-refractivity contribution in [1.82, 2.24) is 10.2 Å². The van der Waals surface area contributed by atoms with Crippen LogP contribution in [0, 0.1) is 5.92 Å². The maximum absolute atomic E-state index is 11.0. The molecule has 3 rings (SSSR count). The lowest BCUT2D eigenvalue weighted by molar-refractivity contribution is 0.0696. The van der Waals surface area contributed by atoms with Crippen molar-refractivity contribution in [2.24, 2.45) is 5.92 Å². The highest BCUT2D eigenvalue weighted by Gasteiger charge is 2.20. The first-order chi connectivity index (χ1) is 12.6. The Hall–Kier alpha value is -2.34. The summed E-state index contributed by atoms with van der Waals surface area (Å²) in [4.78, 5) is 13.2. The minimum absolute atomic E-state index is 0.250. The van der Waals surface area contributed by atoms with Crippen LogP contribution in [-0.4, -0.2) is 41.0 Å². The van der Waals surface area contributed by atoms with Crippen LogP contribution in [0.4, 0.5) is 5.82 Å². The number of carboxylic acid groups (broad SMARTS) is 1. The number of hydrogen-bond donors (Lipinski definition) is 1. The van der Waals surface area contributed by atoms with Crippen LogP contribution in [0.1, 0.15) is 36.0 Å². The van der Waals surface area contributed by atoms with Crippen molar-refractivity contribution in [2.45, 2.75) is 25.7 Å². The number of benzene rings is 1. The third-order valence-corrected chi connectivity index (χ3v) is 4.86. The van der Waals surface area contributed by atoms with Gasteiger partial charge in [0.25, 0.3) is 0 Å². The molecule has 0 spiro atoms. The van der Waals surface area contributed by atoms with Gasteiger partial charge in [-0.3, -0.25) is 0 Å². The molecule has 1 N–H and O–H groups in total. The Morgan fingerprint density at radius 3 is 2.73 bits per heavy atom. The van der Waals surface area contributed by atoms with Gasteiger partial charge in [0, 0.05) is 13.1 Å². The number of ether oxygens (including phenoxy) is 1. The van der Waals surface area contributed by atoms with Crippen molar-refractivity contribution in [3.8, 4) is 5.75 Å². The molecule has 1 aliphatic heterocycles. The van der Waals surface area contributed by atoms with Crippen LogP contribution in [0.5, 0.6) is 5.75 Å². The van der Waals surface area contributed by atoms with Crippen LogP contribution < -0.4 is 9.64 Å². The molecule has 7 heteroatoms. The van der Waals surface area contributed by atoms with E-state index in [1.54, 1.807) is 30.3 Å². The van der Waals surface area contributed by atoms with Gasteiger partial charge in [-0.25, -0.2) is 4.79 Å². The molecule has 2 heterocycles. The quantitative estimate of drug-likeness (QED) is 0.739. The van der Waals surface area contributed by atoms with E-state index in [1.807, 2.05) is 6.07 Å². The Labute approximate surface area is 157 Å². The van der Waals surface area contributed by atoms with Gasteiger partial charge in [0.05, 0.1) is 12.2 Å². The monoisotopic (exact) mass is 375 g/mol. The van der Waals surface area contributed by atoms with E-state index >= 15 is 0 Å². The van der Waals surface area contributed by atoms with E-state index in [-0.39, 0.29) is 5.56 Å². The molecule has 0 amide bonds. The topological polar surface area (TPSA) is 75.6 Å². The molecule has 1 saturated heterocycles. The third kappa shape index (κ3) is 5.08. The fraction of sp³-hybridized carbons (Fsp3) is 0.421. The number of aromatic nitrogens is 2. The third-order valence-electron chi connectivity index (χ3n) is 4.66. The summed E-state index contributed by atoms with van der Waals surface area (Å²) >= 11 is 5.78. The molecular formula is C19H22ClN3O3. The summed E-state index contributed by atoms with van der Waals surface area (Å²) in [6.07, 6.45) is 4.32. The number of nitrogens with zero attached hydrogens (tertiary/aromatic N) is 3. The minimum Gasteiger partial charge on any atom is -0.494 e. The van der Waals surface area contributed by atoms with E-state index < -0.39 is 5.97 Å². The Balaban J connectivity index is 1.37. The predicted molar refractivity (Wildman–Crippen MR) is 100 cm³/mol. The number of carbonyl (C=O) groups is 1. The van der Waals surface area contributed by atoms with Crippen LogP contribution in [0.25, 0.3) is 0 Å². The van der Waals surface area contributed by atoms with E-state index in [2.05, 4.69) is 15.1 Å². The van der Waals surface area contributed by atoms with Crippen molar-refractivity contribution >= 4 is 23.4 Å². The molecule has 1 aromatic heterocycles. The fourth-order valence-corrected chi connectivity index (χ4v) is 3.31. The summed E-state index contributed by atoms with van der Waals surface area (Å²) < 4.78 is 5.69. The van der Waals surface area contributed by atoms with Gasteiger partial charge in [-0.15, -0.1) is 10.2 Å². The Kier molecular flexibility index (Phi) is 6.28. The summed E-state index contributed by atoms with van der Waals surface area (Å²) in [6.45, 7) is 2.55. The average Bonchev–Trinajstić information content (AvgIpc) is 2.67. The Morgan fingerprint density at radius 1 is 1.23 bits per heavy atom. The van der Waals surface area contributed by atoms with Crippen LogP contribution in [0.15, 0.2) is 36.4 Å². The standard InChI is InChI=1S/C19H22ClN3O3/c20-17-6-7-18(22-21-17)23-10-8-14(9-11-23)3-2-12-26-16-5-1-4-15(13-16)19(24)25/h1,4-7,13-14H,2-3,8-12H2,(H,24,25). The van der Waals surface area contributed by atoms with Crippen molar-refractivity contribution in [1.29, 1.82) is 0 Å². The first kappa shape index (κ1) is 18.5. The van der Waals surface area contributed by atoms with Gasteiger partial charge >= 0.3 is 5.97 Å². The molecule has 2 aromatic rings. The Morgan fingerprint density at radius 2 is 2.04 bits per heavy atom. The molecule has 0 saturated carbocycles. The van der Waals surface area contributed by atoms with E-state index in [1.165, 1.54) is 0 Å². The predicted octanol–water partition coefficient (Wildman–Crippen LogP) is 3.90. The zero-order valence-electron chi connectivity index (χ0n) is 14.5. The van der Waals surface area contributed by atoms with Crippen molar-refractivity contribution in [2.75, 3.05) is 24.6 Å². The first-order valence-electron chi connectivity index (χ1n) is 8.82. The lowest BCUT2D eigenvalue weighted by atomic mass is 9.92. The molecule has 26 heavy (non-hydrogen) atoms. The van der Waals surface area contributed by atoms with Gasteiger partial charge in [-0.05, 0) is 61.9 Å².